The Bertz CT molecular complexity index is 385. The second-order valence-corrected chi connectivity index (χ2v) is 4.23. The van der Waals surface area contributed by atoms with Gasteiger partial charge in [0.15, 0.2) is 0 Å². The lowest BCUT2D eigenvalue weighted by molar-refractivity contribution is 0.737. The van der Waals surface area contributed by atoms with Gasteiger partial charge in [0.05, 0.1) is 0 Å². The Hall–Kier alpha value is -1.02. The number of hydrogen-bond acceptors (Lipinski definition) is 2. The molecule has 0 radical (unpaired) electrons. The molecule has 0 saturated carbocycles. The molecule has 0 saturated heterocycles. The third-order valence-corrected chi connectivity index (χ3v) is 3.08. The van der Waals surface area contributed by atoms with Crippen LogP contribution in [0.1, 0.15) is 24.8 Å². The number of nitrogens with one attached hydrogen (secondary N) is 1. The average Bonchev–Trinajstić information content (AvgIpc) is 2.26. The summed E-state index contributed by atoms with van der Waals surface area (Å²) in [4.78, 5) is 4.46. The Labute approximate surface area is 95.4 Å². The van der Waals surface area contributed by atoms with E-state index in [1.165, 1.54) is 12.8 Å². The van der Waals surface area contributed by atoms with Crippen LogP contribution in [0.3, 0.4) is 0 Å². The molecule has 80 valence electrons. The van der Waals surface area contributed by atoms with Gasteiger partial charge in [-0.05, 0) is 37.5 Å². The molecule has 0 spiro atoms. The Kier molecular flexibility index (Phi) is 3.27. The van der Waals surface area contributed by atoms with E-state index in [9.17, 15) is 0 Å². The zero-order valence-electron chi connectivity index (χ0n) is 8.89. The van der Waals surface area contributed by atoms with E-state index in [1.807, 2.05) is 25.1 Å². The molecule has 1 aromatic rings. The molecule has 1 aliphatic heterocycles. The number of anilines is 1. The molecule has 2 rings (SSSR count). The van der Waals surface area contributed by atoms with Crippen LogP contribution in [0.25, 0.3) is 0 Å². The van der Waals surface area contributed by atoms with Crippen molar-refractivity contribution < 1.29 is 0 Å². The molecule has 0 atom stereocenters. The highest BCUT2D eigenvalue weighted by atomic mass is 35.5. The fourth-order valence-electron chi connectivity index (χ4n) is 1.70. The third kappa shape index (κ3) is 2.51. The molecular formula is C12H15ClN2. The number of amidine groups is 1. The zero-order chi connectivity index (χ0) is 10.7. The molecule has 0 fully saturated rings. The number of rotatable bonds is 1. The van der Waals surface area contributed by atoms with Crippen LogP contribution in [0.5, 0.6) is 0 Å². The number of nitrogens with zero attached hydrogens (tertiary/aromatic N) is 1. The van der Waals surface area contributed by atoms with Crippen molar-refractivity contribution in [3.63, 3.8) is 0 Å². The number of halogens is 1. The minimum Gasteiger partial charge on any atom is -0.344 e. The first-order valence-electron chi connectivity index (χ1n) is 5.33. The van der Waals surface area contributed by atoms with Crippen molar-refractivity contribution in [2.75, 3.05) is 11.9 Å². The highest BCUT2D eigenvalue weighted by Crippen LogP contribution is 2.23. The van der Waals surface area contributed by atoms with Crippen molar-refractivity contribution in [1.29, 1.82) is 0 Å². The van der Waals surface area contributed by atoms with Gasteiger partial charge in [0, 0.05) is 23.7 Å². The fourth-order valence-corrected chi connectivity index (χ4v) is 1.87. The first-order chi connectivity index (χ1) is 7.27. The highest BCUT2D eigenvalue weighted by Gasteiger charge is 2.07. The van der Waals surface area contributed by atoms with E-state index in [4.69, 9.17) is 11.6 Å². The van der Waals surface area contributed by atoms with Gasteiger partial charge in [-0.1, -0.05) is 17.7 Å². The van der Waals surface area contributed by atoms with Crippen molar-refractivity contribution >= 4 is 23.1 Å². The SMILES string of the molecule is Cc1c(Cl)cccc1NC1=NCCCC1. The molecule has 0 amide bonds. The molecule has 0 unspecified atom stereocenters. The summed E-state index contributed by atoms with van der Waals surface area (Å²) in [5.74, 6) is 1.09. The van der Waals surface area contributed by atoms with Crippen molar-refractivity contribution in [2.24, 2.45) is 4.99 Å². The van der Waals surface area contributed by atoms with E-state index in [0.717, 1.165) is 35.1 Å². The largest absolute Gasteiger partial charge is 0.344 e. The van der Waals surface area contributed by atoms with Crippen molar-refractivity contribution in [2.45, 2.75) is 26.2 Å². The third-order valence-electron chi connectivity index (χ3n) is 2.67. The second kappa shape index (κ2) is 4.67. The quantitative estimate of drug-likeness (QED) is 0.771. The number of benzene rings is 1. The summed E-state index contributed by atoms with van der Waals surface area (Å²) >= 11 is 6.05. The molecule has 0 aromatic heterocycles. The Morgan fingerprint density at radius 1 is 1.33 bits per heavy atom. The molecule has 1 heterocycles. The molecule has 1 N–H and O–H groups in total. The predicted molar refractivity (Wildman–Crippen MR) is 66.0 cm³/mol. The van der Waals surface area contributed by atoms with E-state index in [1.54, 1.807) is 0 Å². The summed E-state index contributed by atoms with van der Waals surface area (Å²) in [6, 6.07) is 5.91. The van der Waals surface area contributed by atoms with E-state index in [0.29, 0.717) is 0 Å². The summed E-state index contributed by atoms with van der Waals surface area (Å²) < 4.78 is 0. The van der Waals surface area contributed by atoms with Crippen LogP contribution in [-0.2, 0) is 0 Å². The molecule has 3 heteroatoms. The van der Waals surface area contributed by atoms with Gasteiger partial charge in [0.1, 0.15) is 5.84 Å². The molecule has 0 aliphatic carbocycles. The second-order valence-electron chi connectivity index (χ2n) is 3.82. The molecule has 2 nitrogen and oxygen atoms in total. The van der Waals surface area contributed by atoms with E-state index < -0.39 is 0 Å². The molecule has 15 heavy (non-hydrogen) atoms. The summed E-state index contributed by atoms with van der Waals surface area (Å²) in [7, 11) is 0. The Morgan fingerprint density at radius 2 is 2.20 bits per heavy atom. The Morgan fingerprint density at radius 3 is 2.93 bits per heavy atom. The number of hydrogen-bond donors (Lipinski definition) is 1. The van der Waals surface area contributed by atoms with Gasteiger partial charge < -0.3 is 5.32 Å². The first kappa shape index (κ1) is 10.5. The van der Waals surface area contributed by atoms with Crippen LogP contribution >= 0.6 is 11.6 Å². The van der Waals surface area contributed by atoms with Crippen LogP contribution in [0.4, 0.5) is 5.69 Å². The van der Waals surface area contributed by atoms with Crippen molar-refractivity contribution in [3.05, 3.63) is 28.8 Å². The van der Waals surface area contributed by atoms with E-state index in [2.05, 4.69) is 10.3 Å². The van der Waals surface area contributed by atoms with Gasteiger partial charge >= 0.3 is 0 Å². The maximum Gasteiger partial charge on any atom is 0.101 e. The van der Waals surface area contributed by atoms with Gasteiger partial charge in [0.25, 0.3) is 0 Å². The topological polar surface area (TPSA) is 24.4 Å². The van der Waals surface area contributed by atoms with Gasteiger partial charge in [-0.25, -0.2) is 0 Å². The Balaban J connectivity index is 2.16. The van der Waals surface area contributed by atoms with Gasteiger partial charge in [-0.15, -0.1) is 0 Å². The molecule has 1 aliphatic rings. The summed E-state index contributed by atoms with van der Waals surface area (Å²) in [5, 5.41) is 4.16. The first-order valence-corrected chi connectivity index (χ1v) is 5.70. The molecule has 0 bridgehead atoms. The van der Waals surface area contributed by atoms with Crippen molar-refractivity contribution in [1.82, 2.24) is 0 Å². The minimum atomic E-state index is 0.802. The van der Waals surface area contributed by atoms with Crippen LogP contribution in [0, 0.1) is 6.92 Å². The summed E-state index contributed by atoms with van der Waals surface area (Å²) in [6.07, 6.45) is 3.48. The van der Waals surface area contributed by atoms with E-state index >= 15 is 0 Å². The van der Waals surface area contributed by atoms with Crippen LogP contribution < -0.4 is 5.32 Å². The van der Waals surface area contributed by atoms with Crippen LogP contribution in [0.2, 0.25) is 5.02 Å². The van der Waals surface area contributed by atoms with Gasteiger partial charge in [-0.2, -0.15) is 0 Å². The van der Waals surface area contributed by atoms with Crippen molar-refractivity contribution in [3.8, 4) is 0 Å². The lowest BCUT2D eigenvalue weighted by atomic mass is 10.1. The minimum absolute atomic E-state index is 0.802. The van der Waals surface area contributed by atoms with Crippen LogP contribution in [-0.4, -0.2) is 12.4 Å². The maximum atomic E-state index is 6.05. The fraction of sp³-hybridized carbons (Fsp3) is 0.417. The lowest BCUT2D eigenvalue weighted by Crippen LogP contribution is -2.16. The lowest BCUT2D eigenvalue weighted by Gasteiger charge is -2.15. The molecule has 1 aromatic carbocycles. The molecular weight excluding hydrogens is 208 g/mol. The van der Waals surface area contributed by atoms with E-state index in [-0.39, 0.29) is 0 Å². The normalized spacial score (nSPS) is 16.0. The highest BCUT2D eigenvalue weighted by molar-refractivity contribution is 6.31. The van der Waals surface area contributed by atoms with Gasteiger partial charge in [0.2, 0.25) is 0 Å². The summed E-state index contributed by atoms with van der Waals surface area (Å²) in [5.41, 5.74) is 2.16. The number of aliphatic imine (C=N–C) groups is 1. The zero-order valence-corrected chi connectivity index (χ0v) is 9.64. The standard InChI is InChI=1S/C12H15ClN2/c1-9-10(13)5-4-6-11(9)15-12-7-2-3-8-14-12/h4-6H,2-3,7-8H2,1H3,(H,14,15). The monoisotopic (exact) mass is 222 g/mol. The summed E-state index contributed by atoms with van der Waals surface area (Å²) in [6.45, 7) is 2.97. The average molecular weight is 223 g/mol. The maximum absolute atomic E-state index is 6.05. The predicted octanol–water partition coefficient (Wildman–Crippen LogP) is 3.64. The smallest absolute Gasteiger partial charge is 0.101 e. The van der Waals surface area contributed by atoms with Gasteiger partial charge in [-0.3, -0.25) is 4.99 Å². The van der Waals surface area contributed by atoms with Crippen LogP contribution in [0.15, 0.2) is 23.2 Å².